The molecule has 1 atom stereocenters. The molecule has 1 heterocycles. The number of rotatable bonds is 3. The predicted octanol–water partition coefficient (Wildman–Crippen LogP) is 3.24. The third-order valence-electron chi connectivity index (χ3n) is 2.83. The van der Waals surface area contributed by atoms with Crippen molar-refractivity contribution in [2.75, 3.05) is 6.61 Å². The Bertz CT molecular complexity index is 682. The number of halogens is 1. The first-order valence-corrected chi connectivity index (χ1v) is 7.55. The Hall–Kier alpha value is -1.80. The normalized spacial score (nSPS) is 11.4. The highest BCUT2D eigenvalue weighted by Gasteiger charge is 2.12. The SMILES string of the molecule is CC(NC(=O)c1ccc(C#CCO)cc1)c1ccc(Cl)s1. The fraction of sp³-hybridized carbons (Fsp3) is 0.188. The van der Waals surface area contributed by atoms with Gasteiger partial charge in [0.05, 0.1) is 10.4 Å². The Morgan fingerprint density at radius 2 is 2.05 bits per heavy atom. The third kappa shape index (κ3) is 4.33. The van der Waals surface area contributed by atoms with Gasteiger partial charge in [0.2, 0.25) is 0 Å². The molecule has 2 aromatic rings. The molecule has 2 rings (SSSR count). The van der Waals surface area contributed by atoms with Gasteiger partial charge in [-0.3, -0.25) is 4.79 Å². The van der Waals surface area contributed by atoms with Crippen LogP contribution >= 0.6 is 22.9 Å². The van der Waals surface area contributed by atoms with Crippen LogP contribution in [0, 0.1) is 11.8 Å². The molecule has 0 spiro atoms. The monoisotopic (exact) mass is 319 g/mol. The average Bonchev–Trinajstić information content (AvgIpc) is 2.92. The Balaban J connectivity index is 2.03. The standard InChI is InChI=1S/C16H14ClNO2S/c1-11(14-8-9-15(17)21-14)18-16(20)13-6-4-12(5-7-13)3-2-10-19/h4-9,11,19H,10H2,1H3,(H,18,20). The molecule has 3 nitrogen and oxygen atoms in total. The summed E-state index contributed by atoms with van der Waals surface area (Å²) in [5, 5.41) is 11.6. The first kappa shape index (κ1) is 15.6. The van der Waals surface area contributed by atoms with Gasteiger partial charge in [0, 0.05) is 16.0 Å². The number of hydrogen-bond acceptors (Lipinski definition) is 3. The second kappa shape index (κ2) is 7.28. The average molecular weight is 320 g/mol. The van der Waals surface area contributed by atoms with Crippen LogP contribution in [0.4, 0.5) is 0 Å². The van der Waals surface area contributed by atoms with E-state index in [2.05, 4.69) is 17.2 Å². The molecule has 0 aliphatic rings. The number of hydrogen-bond donors (Lipinski definition) is 2. The molecule has 108 valence electrons. The van der Waals surface area contributed by atoms with Crippen molar-refractivity contribution in [3.8, 4) is 11.8 Å². The molecule has 0 fully saturated rings. The van der Waals surface area contributed by atoms with E-state index in [9.17, 15) is 4.79 Å². The van der Waals surface area contributed by atoms with Crippen molar-refractivity contribution in [1.29, 1.82) is 0 Å². The van der Waals surface area contributed by atoms with Crippen LogP contribution in [0.5, 0.6) is 0 Å². The molecule has 5 heteroatoms. The Morgan fingerprint density at radius 1 is 1.33 bits per heavy atom. The molecule has 0 bridgehead atoms. The van der Waals surface area contributed by atoms with E-state index in [1.165, 1.54) is 11.3 Å². The fourth-order valence-electron chi connectivity index (χ4n) is 1.76. The number of aliphatic hydroxyl groups is 1. The quantitative estimate of drug-likeness (QED) is 0.853. The van der Waals surface area contributed by atoms with Gasteiger partial charge >= 0.3 is 0 Å². The van der Waals surface area contributed by atoms with Crippen molar-refractivity contribution in [3.05, 3.63) is 56.7 Å². The molecule has 1 aromatic heterocycles. The van der Waals surface area contributed by atoms with Crippen LogP contribution in [-0.2, 0) is 0 Å². The van der Waals surface area contributed by atoms with Crippen LogP contribution in [0.1, 0.15) is 33.8 Å². The van der Waals surface area contributed by atoms with E-state index >= 15 is 0 Å². The molecule has 21 heavy (non-hydrogen) atoms. The first-order chi connectivity index (χ1) is 10.1. The Morgan fingerprint density at radius 3 is 2.62 bits per heavy atom. The van der Waals surface area contributed by atoms with Gasteiger partial charge in [-0.2, -0.15) is 0 Å². The van der Waals surface area contributed by atoms with E-state index in [0.29, 0.717) is 9.90 Å². The van der Waals surface area contributed by atoms with Crippen LogP contribution in [-0.4, -0.2) is 17.6 Å². The lowest BCUT2D eigenvalue weighted by molar-refractivity contribution is 0.0940. The van der Waals surface area contributed by atoms with E-state index in [0.717, 1.165) is 10.4 Å². The minimum absolute atomic E-state index is 0.0937. The lowest BCUT2D eigenvalue weighted by atomic mass is 10.1. The van der Waals surface area contributed by atoms with Gasteiger partial charge < -0.3 is 10.4 Å². The van der Waals surface area contributed by atoms with E-state index in [-0.39, 0.29) is 18.6 Å². The number of aliphatic hydroxyl groups excluding tert-OH is 1. The lowest BCUT2D eigenvalue weighted by Gasteiger charge is -2.12. The van der Waals surface area contributed by atoms with Gasteiger partial charge in [-0.1, -0.05) is 23.4 Å². The number of carbonyl (C=O) groups excluding carboxylic acids is 1. The molecule has 1 unspecified atom stereocenters. The van der Waals surface area contributed by atoms with E-state index in [4.69, 9.17) is 16.7 Å². The summed E-state index contributed by atoms with van der Waals surface area (Å²) in [7, 11) is 0. The lowest BCUT2D eigenvalue weighted by Crippen LogP contribution is -2.26. The molecule has 0 saturated heterocycles. The molecule has 0 aliphatic carbocycles. The molecular weight excluding hydrogens is 306 g/mol. The number of carbonyl (C=O) groups is 1. The summed E-state index contributed by atoms with van der Waals surface area (Å²) in [6, 6.07) is 10.6. The summed E-state index contributed by atoms with van der Waals surface area (Å²) < 4.78 is 0.706. The zero-order chi connectivity index (χ0) is 15.2. The van der Waals surface area contributed by atoms with Crippen molar-refractivity contribution in [2.24, 2.45) is 0 Å². The smallest absolute Gasteiger partial charge is 0.251 e. The molecule has 1 amide bonds. The van der Waals surface area contributed by atoms with Crippen molar-refractivity contribution < 1.29 is 9.90 Å². The summed E-state index contributed by atoms with van der Waals surface area (Å²) >= 11 is 7.35. The van der Waals surface area contributed by atoms with Crippen LogP contribution in [0.15, 0.2) is 36.4 Å². The second-order valence-electron chi connectivity index (χ2n) is 4.37. The summed E-state index contributed by atoms with van der Waals surface area (Å²) in [5.41, 5.74) is 1.33. The largest absolute Gasteiger partial charge is 0.384 e. The minimum atomic E-state index is -0.177. The maximum absolute atomic E-state index is 12.1. The van der Waals surface area contributed by atoms with Crippen molar-refractivity contribution in [3.63, 3.8) is 0 Å². The minimum Gasteiger partial charge on any atom is -0.384 e. The van der Waals surface area contributed by atoms with Gasteiger partial charge in [0.25, 0.3) is 5.91 Å². The van der Waals surface area contributed by atoms with Gasteiger partial charge in [0.1, 0.15) is 6.61 Å². The van der Waals surface area contributed by atoms with Crippen molar-refractivity contribution >= 4 is 28.8 Å². The van der Waals surface area contributed by atoms with Crippen molar-refractivity contribution in [2.45, 2.75) is 13.0 Å². The predicted molar refractivity (Wildman–Crippen MR) is 85.6 cm³/mol. The summed E-state index contributed by atoms with van der Waals surface area (Å²) in [5.74, 6) is 5.20. The number of nitrogens with one attached hydrogen (secondary N) is 1. The highest BCUT2D eigenvalue weighted by molar-refractivity contribution is 7.16. The van der Waals surface area contributed by atoms with Crippen molar-refractivity contribution in [1.82, 2.24) is 5.32 Å². The Kier molecular flexibility index (Phi) is 5.40. The maximum atomic E-state index is 12.1. The van der Waals surface area contributed by atoms with E-state index in [1.54, 1.807) is 24.3 Å². The van der Waals surface area contributed by atoms with Gasteiger partial charge in [-0.05, 0) is 43.3 Å². The van der Waals surface area contributed by atoms with Gasteiger partial charge in [-0.25, -0.2) is 0 Å². The van der Waals surface area contributed by atoms with E-state index in [1.807, 2.05) is 19.1 Å². The third-order valence-corrected chi connectivity index (χ3v) is 4.24. The van der Waals surface area contributed by atoms with Gasteiger partial charge in [-0.15, -0.1) is 11.3 Å². The first-order valence-electron chi connectivity index (χ1n) is 6.36. The molecule has 2 N–H and O–H groups in total. The maximum Gasteiger partial charge on any atom is 0.251 e. The molecule has 0 aliphatic heterocycles. The number of benzene rings is 1. The molecule has 0 saturated carbocycles. The fourth-order valence-corrected chi connectivity index (χ4v) is 2.82. The molecule has 0 radical (unpaired) electrons. The Labute approximate surface area is 132 Å². The molecule has 1 aromatic carbocycles. The number of thiophene rings is 1. The second-order valence-corrected chi connectivity index (χ2v) is 6.12. The van der Waals surface area contributed by atoms with Crippen LogP contribution < -0.4 is 5.32 Å². The highest BCUT2D eigenvalue weighted by Crippen LogP contribution is 2.26. The summed E-state index contributed by atoms with van der Waals surface area (Å²) in [4.78, 5) is 13.2. The summed E-state index contributed by atoms with van der Waals surface area (Å²) in [6.07, 6.45) is 0. The number of amides is 1. The highest BCUT2D eigenvalue weighted by atomic mass is 35.5. The zero-order valence-electron chi connectivity index (χ0n) is 11.4. The zero-order valence-corrected chi connectivity index (χ0v) is 13.0. The van der Waals surface area contributed by atoms with Crippen LogP contribution in [0.3, 0.4) is 0 Å². The van der Waals surface area contributed by atoms with Crippen LogP contribution in [0.25, 0.3) is 0 Å². The summed E-state index contributed by atoms with van der Waals surface area (Å²) in [6.45, 7) is 1.74. The van der Waals surface area contributed by atoms with Gasteiger partial charge in [0.15, 0.2) is 0 Å². The van der Waals surface area contributed by atoms with E-state index < -0.39 is 0 Å². The van der Waals surface area contributed by atoms with Crippen LogP contribution in [0.2, 0.25) is 4.34 Å². The molecular formula is C16H14ClNO2S. The topological polar surface area (TPSA) is 49.3 Å².